The normalized spacial score (nSPS) is 19.9. The molecule has 0 aromatic heterocycles. The molecule has 1 aliphatic heterocycles. The second-order valence-electron chi connectivity index (χ2n) is 17.4. The number of carbonyl (C=O) groups excluding carboxylic acids is 3. The van der Waals surface area contributed by atoms with Crippen molar-refractivity contribution in [2.45, 2.75) is 251 Å². The first-order valence-corrected chi connectivity index (χ1v) is 23.7. The molecule has 0 bridgehead atoms. The summed E-state index contributed by atoms with van der Waals surface area (Å²) in [6.07, 6.45) is 23.8. The van der Waals surface area contributed by atoms with Crippen LogP contribution in [0.1, 0.15) is 214 Å². The van der Waals surface area contributed by atoms with Crippen molar-refractivity contribution >= 4 is 23.7 Å². The first-order valence-electron chi connectivity index (χ1n) is 23.7. The predicted molar refractivity (Wildman–Crippen MR) is 231 cm³/mol. The first-order chi connectivity index (χ1) is 28.0. The zero-order valence-electron chi connectivity index (χ0n) is 37.2. The van der Waals surface area contributed by atoms with Gasteiger partial charge in [0.25, 0.3) is 0 Å². The number of ether oxygens (including phenoxy) is 1. The minimum atomic E-state index is -1.57. The van der Waals surface area contributed by atoms with Gasteiger partial charge in [-0.2, -0.15) is 0 Å². The Kier molecular flexibility index (Phi) is 31.9. The van der Waals surface area contributed by atoms with Crippen LogP contribution < -0.4 is 10.6 Å². The highest BCUT2D eigenvalue weighted by Crippen LogP contribution is 2.26. The summed E-state index contributed by atoms with van der Waals surface area (Å²) >= 11 is 0. The average molecular weight is 826 g/mol. The van der Waals surface area contributed by atoms with E-state index in [4.69, 9.17) is 9.84 Å². The van der Waals surface area contributed by atoms with Crippen molar-refractivity contribution in [2.24, 2.45) is 5.92 Å². The number of carboxylic acid groups (broad SMARTS) is 1. The van der Waals surface area contributed by atoms with Crippen molar-refractivity contribution in [3.8, 4) is 0 Å². The number of aliphatic carboxylic acids is 1. The van der Waals surface area contributed by atoms with Crippen molar-refractivity contribution in [3.05, 3.63) is 0 Å². The van der Waals surface area contributed by atoms with E-state index in [1.165, 1.54) is 109 Å². The molecular formula is C46H87N3O9. The molecule has 1 saturated heterocycles. The van der Waals surface area contributed by atoms with Crippen LogP contribution in [0.3, 0.4) is 0 Å². The molecular weight excluding hydrogens is 739 g/mol. The Morgan fingerprint density at radius 3 is 1.50 bits per heavy atom. The monoisotopic (exact) mass is 826 g/mol. The molecule has 1 aliphatic rings. The van der Waals surface area contributed by atoms with Crippen LogP contribution in [0.5, 0.6) is 0 Å². The molecule has 58 heavy (non-hydrogen) atoms. The number of carbonyl (C=O) groups is 4. The lowest BCUT2D eigenvalue weighted by molar-refractivity contribution is -0.231. The van der Waals surface area contributed by atoms with Gasteiger partial charge in [0.15, 0.2) is 6.23 Å². The molecule has 3 amide bonds. The minimum Gasteiger partial charge on any atom is -0.481 e. The lowest BCUT2D eigenvalue weighted by Gasteiger charge is -2.47. The molecule has 0 spiro atoms. The summed E-state index contributed by atoms with van der Waals surface area (Å²) < 4.78 is 6.17. The van der Waals surface area contributed by atoms with Crippen LogP contribution in [0.15, 0.2) is 0 Å². The van der Waals surface area contributed by atoms with Crippen molar-refractivity contribution in [2.75, 3.05) is 13.2 Å². The maximum atomic E-state index is 14.1. The van der Waals surface area contributed by atoms with Crippen LogP contribution in [-0.2, 0) is 23.9 Å². The lowest BCUT2D eigenvalue weighted by atomic mass is 9.94. The maximum absolute atomic E-state index is 14.1. The fourth-order valence-corrected chi connectivity index (χ4v) is 7.93. The van der Waals surface area contributed by atoms with E-state index in [9.17, 15) is 34.5 Å². The van der Waals surface area contributed by atoms with E-state index in [1.807, 2.05) is 13.8 Å². The molecule has 1 rings (SSSR count). The van der Waals surface area contributed by atoms with Gasteiger partial charge in [-0.3, -0.25) is 19.2 Å². The van der Waals surface area contributed by atoms with Crippen LogP contribution in [0.25, 0.3) is 0 Å². The molecule has 6 atom stereocenters. The van der Waals surface area contributed by atoms with Crippen molar-refractivity contribution in [3.63, 3.8) is 0 Å². The van der Waals surface area contributed by atoms with Gasteiger partial charge in [0.2, 0.25) is 17.7 Å². The van der Waals surface area contributed by atoms with Gasteiger partial charge in [-0.15, -0.1) is 0 Å². The number of unbranched alkanes of at least 4 members (excludes halogenated alkanes) is 23. The molecule has 0 aromatic carbocycles. The van der Waals surface area contributed by atoms with Crippen LogP contribution >= 0.6 is 0 Å². The quantitative estimate of drug-likeness (QED) is 0.0335. The number of amides is 3. The van der Waals surface area contributed by atoms with E-state index in [1.54, 1.807) is 4.90 Å². The van der Waals surface area contributed by atoms with Gasteiger partial charge in [-0.25, -0.2) is 0 Å². The number of aliphatic hydroxyl groups is 3. The highest BCUT2D eigenvalue weighted by Gasteiger charge is 2.48. The second-order valence-corrected chi connectivity index (χ2v) is 17.4. The Morgan fingerprint density at radius 2 is 1.07 bits per heavy atom. The summed E-state index contributed by atoms with van der Waals surface area (Å²) in [6, 6.07) is -2.29. The van der Waals surface area contributed by atoms with Crippen LogP contribution in [0.2, 0.25) is 0 Å². The Balaban J connectivity index is 2.94. The molecule has 1 fully saturated rings. The zero-order chi connectivity index (χ0) is 43.0. The summed E-state index contributed by atoms with van der Waals surface area (Å²) in [7, 11) is 0. The van der Waals surface area contributed by atoms with Gasteiger partial charge in [-0.05, 0) is 25.2 Å². The lowest BCUT2D eigenvalue weighted by Crippen LogP contribution is -2.70. The van der Waals surface area contributed by atoms with E-state index >= 15 is 0 Å². The third kappa shape index (κ3) is 24.7. The summed E-state index contributed by atoms with van der Waals surface area (Å²) in [5, 5.41) is 46.9. The SMILES string of the molecule is CCCCCCCCCCCCCCCCCC(=O)N(CCCCCCCCCCCC)[C@@H]1O[C@H](CO)[C@@H](O)[C@H](O)[C@H]1NC(=O)[C@H](CC(C)C)NC(=O)CCC(=O)O. The van der Waals surface area contributed by atoms with Gasteiger partial charge in [0, 0.05) is 19.4 Å². The second kappa shape index (κ2) is 34.4. The predicted octanol–water partition coefficient (Wildman–Crippen LogP) is 8.32. The van der Waals surface area contributed by atoms with Crippen LogP contribution in [0.4, 0.5) is 0 Å². The molecule has 0 saturated carbocycles. The average Bonchev–Trinajstić information content (AvgIpc) is 3.19. The third-order valence-corrected chi connectivity index (χ3v) is 11.5. The maximum Gasteiger partial charge on any atom is 0.303 e. The Bertz CT molecular complexity index is 1080. The fraction of sp³-hybridized carbons (Fsp3) is 0.913. The highest BCUT2D eigenvalue weighted by atomic mass is 16.5. The topological polar surface area (TPSA) is 186 Å². The fourth-order valence-electron chi connectivity index (χ4n) is 7.93. The molecule has 0 radical (unpaired) electrons. The first kappa shape index (κ1) is 53.7. The van der Waals surface area contributed by atoms with E-state index in [0.717, 1.165) is 38.5 Å². The highest BCUT2D eigenvalue weighted by molar-refractivity contribution is 5.89. The van der Waals surface area contributed by atoms with E-state index in [0.29, 0.717) is 19.4 Å². The minimum absolute atomic E-state index is 0.0208. The molecule has 12 nitrogen and oxygen atoms in total. The Hall–Kier alpha value is -2.28. The van der Waals surface area contributed by atoms with Gasteiger partial charge in [0.05, 0.1) is 13.0 Å². The van der Waals surface area contributed by atoms with Gasteiger partial charge in [0.1, 0.15) is 30.4 Å². The van der Waals surface area contributed by atoms with Crippen LogP contribution in [-0.4, -0.2) is 98.8 Å². The van der Waals surface area contributed by atoms with Gasteiger partial charge in [-0.1, -0.05) is 175 Å². The smallest absolute Gasteiger partial charge is 0.303 e. The Labute approximate surface area is 352 Å². The van der Waals surface area contributed by atoms with Crippen molar-refractivity contribution < 1.29 is 44.3 Å². The molecule has 340 valence electrons. The number of nitrogens with zero attached hydrogens (tertiary/aromatic N) is 1. The van der Waals surface area contributed by atoms with Crippen LogP contribution in [0, 0.1) is 5.92 Å². The van der Waals surface area contributed by atoms with Gasteiger partial charge < -0.3 is 40.7 Å². The summed E-state index contributed by atoms with van der Waals surface area (Å²) in [5.41, 5.74) is 0. The standard InChI is InChI=1S/C46H87N3O9/c1-5-7-9-11-13-15-17-18-19-20-21-22-24-26-28-30-40(52)49(33-29-27-25-23-16-14-12-10-8-6-2)46-42(44(56)43(55)38(35-50)58-46)48-45(57)37(34-36(3)4)47-39(51)31-32-41(53)54/h36-38,42-44,46,50,55-56H,5-35H2,1-4H3,(H,47,51)(H,48,57)(H,53,54)/t37-,38+,42+,43+,44+,46+/m0/s1. The van der Waals surface area contributed by atoms with Crippen molar-refractivity contribution in [1.82, 2.24) is 15.5 Å². The molecule has 6 N–H and O–H groups in total. The molecule has 1 heterocycles. The van der Waals surface area contributed by atoms with E-state index < -0.39 is 61.0 Å². The summed E-state index contributed by atoms with van der Waals surface area (Å²) in [4.78, 5) is 53.1. The van der Waals surface area contributed by atoms with E-state index in [-0.39, 0.29) is 37.5 Å². The molecule has 12 heteroatoms. The number of aliphatic hydroxyl groups excluding tert-OH is 3. The third-order valence-electron chi connectivity index (χ3n) is 11.5. The number of rotatable bonds is 37. The summed E-state index contributed by atoms with van der Waals surface area (Å²) in [5.74, 6) is -2.56. The Morgan fingerprint density at radius 1 is 0.621 bits per heavy atom. The molecule has 0 aromatic rings. The molecule has 0 unspecified atom stereocenters. The zero-order valence-corrected chi connectivity index (χ0v) is 37.2. The molecule has 0 aliphatic carbocycles. The number of hydrogen-bond donors (Lipinski definition) is 6. The largest absolute Gasteiger partial charge is 0.481 e. The summed E-state index contributed by atoms with van der Waals surface area (Å²) in [6.45, 7) is 7.96. The number of hydrogen-bond acceptors (Lipinski definition) is 8. The van der Waals surface area contributed by atoms with Crippen molar-refractivity contribution in [1.29, 1.82) is 0 Å². The number of nitrogens with one attached hydrogen (secondary N) is 2. The van der Waals surface area contributed by atoms with E-state index in [2.05, 4.69) is 24.5 Å². The van der Waals surface area contributed by atoms with Gasteiger partial charge >= 0.3 is 5.97 Å². The number of carboxylic acids is 1.